The van der Waals surface area contributed by atoms with Gasteiger partial charge in [0.1, 0.15) is 0 Å². The minimum Gasteiger partial charge on any atom is -0.353 e. The van der Waals surface area contributed by atoms with E-state index in [-0.39, 0.29) is 17.9 Å². The summed E-state index contributed by atoms with van der Waals surface area (Å²) in [5.41, 5.74) is 5.96. The minimum absolute atomic E-state index is 0.170. The molecule has 0 radical (unpaired) electrons. The summed E-state index contributed by atoms with van der Waals surface area (Å²) in [6, 6.07) is 0.640. The zero-order valence-corrected chi connectivity index (χ0v) is 12.2. The van der Waals surface area contributed by atoms with Gasteiger partial charge in [-0.1, -0.05) is 12.8 Å². The fourth-order valence-corrected chi connectivity index (χ4v) is 4.10. The molecule has 0 aromatic heterocycles. The van der Waals surface area contributed by atoms with Gasteiger partial charge in [-0.15, -0.1) is 0 Å². The second kappa shape index (κ2) is 6.80. The molecule has 4 atom stereocenters. The van der Waals surface area contributed by atoms with Crippen molar-refractivity contribution < 1.29 is 4.79 Å². The number of rotatable bonds is 3. The molecule has 0 spiro atoms. The highest BCUT2D eigenvalue weighted by Gasteiger charge is 2.28. The van der Waals surface area contributed by atoms with Crippen molar-refractivity contribution in [3.63, 3.8) is 0 Å². The van der Waals surface area contributed by atoms with Crippen molar-refractivity contribution in [1.82, 2.24) is 5.32 Å². The van der Waals surface area contributed by atoms with Gasteiger partial charge in [0.15, 0.2) is 0 Å². The van der Waals surface area contributed by atoms with Gasteiger partial charge in [0.25, 0.3) is 0 Å². The Balaban J connectivity index is 1.79. The molecule has 4 heteroatoms. The molecule has 104 valence electrons. The van der Waals surface area contributed by atoms with Crippen LogP contribution in [0.1, 0.15) is 51.4 Å². The number of carbonyl (C=O) groups is 1. The predicted molar refractivity (Wildman–Crippen MR) is 77.6 cm³/mol. The number of carbonyl (C=O) groups excluding carboxylic acids is 1. The van der Waals surface area contributed by atoms with E-state index in [1.54, 1.807) is 0 Å². The zero-order chi connectivity index (χ0) is 13.0. The van der Waals surface area contributed by atoms with E-state index in [1.165, 1.54) is 12.8 Å². The smallest absolute Gasteiger partial charge is 0.223 e. The average molecular weight is 270 g/mol. The third-order valence-electron chi connectivity index (χ3n) is 4.39. The maximum atomic E-state index is 12.2. The van der Waals surface area contributed by atoms with Gasteiger partial charge >= 0.3 is 0 Å². The van der Waals surface area contributed by atoms with E-state index in [0.717, 1.165) is 43.8 Å². The van der Waals surface area contributed by atoms with Crippen LogP contribution in [0.4, 0.5) is 0 Å². The van der Waals surface area contributed by atoms with Crippen LogP contribution in [0.3, 0.4) is 0 Å². The Morgan fingerprint density at radius 2 is 1.94 bits per heavy atom. The molecule has 1 amide bonds. The molecule has 2 fully saturated rings. The molecule has 3 nitrogen and oxygen atoms in total. The number of nitrogens with two attached hydrogens (primary N) is 1. The predicted octanol–water partition coefficient (Wildman–Crippen LogP) is 2.29. The van der Waals surface area contributed by atoms with Crippen LogP contribution in [0.15, 0.2) is 0 Å². The second-order valence-electron chi connectivity index (χ2n) is 5.85. The van der Waals surface area contributed by atoms with E-state index >= 15 is 0 Å². The number of amides is 1. The van der Waals surface area contributed by atoms with E-state index in [4.69, 9.17) is 5.73 Å². The van der Waals surface area contributed by atoms with Gasteiger partial charge in [-0.05, 0) is 44.8 Å². The van der Waals surface area contributed by atoms with Gasteiger partial charge in [-0.25, -0.2) is 0 Å². The maximum Gasteiger partial charge on any atom is 0.223 e. The standard InChI is InChI=1S/C14H26N2OS/c1-18-13-7-3-6-12(9-13)16-14(17)10-4-2-5-11(15)8-10/h10-13H,2-9,15H2,1H3,(H,16,17). The van der Waals surface area contributed by atoms with Gasteiger partial charge in [0.05, 0.1) is 0 Å². The van der Waals surface area contributed by atoms with Crippen molar-refractivity contribution >= 4 is 17.7 Å². The van der Waals surface area contributed by atoms with Crippen LogP contribution in [0, 0.1) is 5.92 Å². The van der Waals surface area contributed by atoms with E-state index in [0.29, 0.717) is 6.04 Å². The van der Waals surface area contributed by atoms with Gasteiger partial charge in [0, 0.05) is 23.3 Å². The van der Waals surface area contributed by atoms with Crippen LogP contribution in [-0.4, -0.2) is 29.5 Å². The lowest BCUT2D eigenvalue weighted by molar-refractivity contribution is -0.127. The van der Waals surface area contributed by atoms with E-state index in [1.807, 2.05) is 11.8 Å². The Morgan fingerprint density at radius 1 is 1.17 bits per heavy atom. The monoisotopic (exact) mass is 270 g/mol. The molecule has 2 saturated carbocycles. The van der Waals surface area contributed by atoms with Crippen molar-refractivity contribution in [2.45, 2.75) is 68.7 Å². The third-order valence-corrected chi connectivity index (χ3v) is 5.49. The first kappa shape index (κ1) is 14.2. The molecule has 0 aliphatic heterocycles. The molecule has 0 heterocycles. The molecular formula is C14H26N2OS. The molecule has 2 aliphatic rings. The highest BCUT2D eigenvalue weighted by atomic mass is 32.2. The Kier molecular flexibility index (Phi) is 5.37. The SMILES string of the molecule is CSC1CCCC(NC(=O)C2CCCC(N)C2)C1. The van der Waals surface area contributed by atoms with Gasteiger partial charge in [-0.2, -0.15) is 11.8 Å². The summed E-state index contributed by atoms with van der Waals surface area (Å²) in [7, 11) is 0. The Labute approximate surface area is 115 Å². The van der Waals surface area contributed by atoms with Crippen LogP contribution >= 0.6 is 11.8 Å². The highest BCUT2D eigenvalue weighted by molar-refractivity contribution is 7.99. The lowest BCUT2D eigenvalue weighted by atomic mass is 9.85. The van der Waals surface area contributed by atoms with Gasteiger partial charge in [-0.3, -0.25) is 4.79 Å². The molecule has 18 heavy (non-hydrogen) atoms. The Hall–Kier alpha value is -0.220. The molecule has 2 aliphatic carbocycles. The molecule has 3 N–H and O–H groups in total. The summed E-state index contributed by atoms with van der Waals surface area (Å²) >= 11 is 1.94. The highest BCUT2D eigenvalue weighted by Crippen LogP contribution is 2.28. The van der Waals surface area contributed by atoms with Gasteiger partial charge < -0.3 is 11.1 Å². The molecule has 0 aromatic rings. The number of hydrogen-bond acceptors (Lipinski definition) is 3. The molecule has 0 saturated heterocycles. The van der Waals surface area contributed by atoms with Crippen molar-refractivity contribution in [3.05, 3.63) is 0 Å². The number of thioether (sulfide) groups is 1. The largest absolute Gasteiger partial charge is 0.353 e. The first-order valence-corrected chi connectivity index (χ1v) is 8.56. The van der Waals surface area contributed by atoms with Crippen molar-refractivity contribution in [3.8, 4) is 0 Å². The van der Waals surface area contributed by atoms with Crippen molar-refractivity contribution in [2.24, 2.45) is 11.7 Å². The fourth-order valence-electron chi connectivity index (χ4n) is 3.27. The lowest BCUT2D eigenvalue weighted by Gasteiger charge is -2.31. The van der Waals surface area contributed by atoms with Crippen LogP contribution < -0.4 is 11.1 Å². The van der Waals surface area contributed by atoms with E-state index < -0.39 is 0 Å². The topological polar surface area (TPSA) is 55.1 Å². The van der Waals surface area contributed by atoms with Crippen molar-refractivity contribution in [1.29, 1.82) is 0 Å². The number of hydrogen-bond donors (Lipinski definition) is 2. The van der Waals surface area contributed by atoms with Gasteiger partial charge in [0.2, 0.25) is 5.91 Å². The Bertz CT molecular complexity index is 285. The fraction of sp³-hybridized carbons (Fsp3) is 0.929. The minimum atomic E-state index is 0.170. The summed E-state index contributed by atoms with van der Waals surface area (Å²) in [6.45, 7) is 0. The first-order chi connectivity index (χ1) is 8.69. The summed E-state index contributed by atoms with van der Waals surface area (Å²) in [5, 5.41) is 4.00. The van der Waals surface area contributed by atoms with Crippen LogP contribution in [0.2, 0.25) is 0 Å². The normalized spacial score (nSPS) is 37.2. The maximum absolute atomic E-state index is 12.2. The summed E-state index contributed by atoms with van der Waals surface area (Å²) < 4.78 is 0. The van der Waals surface area contributed by atoms with E-state index in [2.05, 4.69) is 11.6 Å². The van der Waals surface area contributed by atoms with Crippen LogP contribution in [0.5, 0.6) is 0 Å². The summed E-state index contributed by atoms with van der Waals surface area (Å²) in [4.78, 5) is 12.2. The summed E-state index contributed by atoms with van der Waals surface area (Å²) in [5.74, 6) is 0.431. The zero-order valence-electron chi connectivity index (χ0n) is 11.4. The third kappa shape index (κ3) is 3.89. The quantitative estimate of drug-likeness (QED) is 0.827. The summed E-state index contributed by atoms with van der Waals surface area (Å²) in [6.07, 6.45) is 11.1. The average Bonchev–Trinajstić information content (AvgIpc) is 2.39. The van der Waals surface area contributed by atoms with Crippen LogP contribution in [-0.2, 0) is 4.79 Å². The molecule has 0 aromatic carbocycles. The van der Waals surface area contributed by atoms with E-state index in [9.17, 15) is 4.79 Å². The van der Waals surface area contributed by atoms with Crippen LogP contribution in [0.25, 0.3) is 0 Å². The molecular weight excluding hydrogens is 244 g/mol. The molecule has 0 bridgehead atoms. The molecule has 4 unspecified atom stereocenters. The lowest BCUT2D eigenvalue weighted by Crippen LogP contribution is -2.44. The number of nitrogens with one attached hydrogen (secondary N) is 1. The first-order valence-electron chi connectivity index (χ1n) is 7.27. The van der Waals surface area contributed by atoms with Crippen molar-refractivity contribution in [2.75, 3.05) is 6.26 Å². The second-order valence-corrected chi connectivity index (χ2v) is 6.99. The molecule has 2 rings (SSSR count). The Morgan fingerprint density at radius 3 is 2.67 bits per heavy atom.